The summed E-state index contributed by atoms with van der Waals surface area (Å²) in [5, 5.41) is 19.3. The molecule has 0 unspecified atom stereocenters. The Bertz CT molecular complexity index is 1240. The van der Waals surface area contributed by atoms with E-state index in [2.05, 4.69) is 48.5 Å². The summed E-state index contributed by atoms with van der Waals surface area (Å²) in [6, 6.07) is 39.9. The number of hydrogen-bond acceptors (Lipinski definition) is 2. The van der Waals surface area contributed by atoms with E-state index in [0.29, 0.717) is 0 Å². The fourth-order valence-electron chi connectivity index (χ4n) is 4.08. The molecule has 2 N–H and O–H groups in total. The van der Waals surface area contributed by atoms with Gasteiger partial charge >= 0.3 is 0 Å². The molecule has 0 bridgehead atoms. The lowest BCUT2D eigenvalue weighted by Gasteiger charge is -2.13. The summed E-state index contributed by atoms with van der Waals surface area (Å²) in [5.74, 6) is 0.533. The molecular formula is C30H22O2. The van der Waals surface area contributed by atoms with E-state index in [1.54, 1.807) is 24.3 Å². The van der Waals surface area contributed by atoms with Gasteiger partial charge in [-0.15, -0.1) is 0 Å². The Balaban J connectivity index is 1.53. The van der Waals surface area contributed by atoms with E-state index in [1.807, 2.05) is 48.5 Å². The van der Waals surface area contributed by atoms with Gasteiger partial charge < -0.3 is 10.2 Å². The molecule has 5 aromatic rings. The van der Waals surface area contributed by atoms with Crippen molar-refractivity contribution in [2.45, 2.75) is 0 Å². The molecule has 0 radical (unpaired) electrons. The summed E-state index contributed by atoms with van der Waals surface area (Å²) in [6.45, 7) is 0. The summed E-state index contributed by atoms with van der Waals surface area (Å²) < 4.78 is 0. The monoisotopic (exact) mass is 414 g/mol. The molecule has 0 atom stereocenters. The third kappa shape index (κ3) is 3.86. The lowest BCUT2D eigenvalue weighted by Crippen LogP contribution is -1.87. The van der Waals surface area contributed by atoms with Gasteiger partial charge in [0.15, 0.2) is 0 Å². The molecule has 0 aliphatic heterocycles. The van der Waals surface area contributed by atoms with Crippen molar-refractivity contribution in [3.8, 4) is 56.0 Å². The minimum Gasteiger partial charge on any atom is -0.508 e. The van der Waals surface area contributed by atoms with Crippen LogP contribution in [-0.4, -0.2) is 10.2 Å². The number of hydrogen-bond donors (Lipinski definition) is 2. The molecule has 0 heterocycles. The van der Waals surface area contributed by atoms with Crippen LogP contribution in [0, 0.1) is 0 Å². The Morgan fingerprint density at radius 2 is 0.500 bits per heavy atom. The molecule has 32 heavy (non-hydrogen) atoms. The zero-order valence-corrected chi connectivity index (χ0v) is 17.4. The van der Waals surface area contributed by atoms with E-state index in [4.69, 9.17) is 0 Å². The molecule has 0 aliphatic rings. The van der Waals surface area contributed by atoms with E-state index < -0.39 is 0 Å². The van der Waals surface area contributed by atoms with Crippen molar-refractivity contribution in [3.05, 3.63) is 121 Å². The third-order valence-electron chi connectivity index (χ3n) is 5.72. The number of phenols is 2. The highest BCUT2D eigenvalue weighted by Crippen LogP contribution is 2.36. The molecule has 0 saturated carbocycles. The van der Waals surface area contributed by atoms with Gasteiger partial charge in [-0.3, -0.25) is 0 Å². The molecule has 0 saturated heterocycles. The van der Waals surface area contributed by atoms with Crippen LogP contribution in [0.2, 0.25) is 0 Å². The first-order valence-corrected chi connectivity index (χ1v) is 10.6. The predicted molar refractivity (Wildman–Crippen MR) is 132 cm³/mol. The van der Waals surface area contributed by atoms with Crippen LogP contribution < -0.4 is 0 Å². The van der Waals surface area contributed by atoms with Gasteiger partial charge in [-0.05, 0) is 68.8 Å². The van der Waals surface area contributed by atoms with E-state index in [1.165, 1.54) is 0 Å². The molecule has 0 spiro atoms. The maximum Gasteiger partial charge on any atom is 0.115 e. The Hall–Kier alpha value is -4.30. The largest absolute Gasteiger partial charge is 0.508 e. The SMILES string of the molecule is Oc1ccc(-c2ccccc2-c2ccc(-c3ccccc3-c3ccc(O)cc3)cc2)cc1. The fraction of sp³-hybridized carbons (Fsp3) is 0. The van der Waals surface area contributed by atoms with Gasteiger partial charge in [0.05, 0.1) is 0 Å². The van der Waals surface area contributed by atoms with Gasteiger partial charge in [-0.2, -0.15) is 0 Å². The van der Waals surface area contributed by atoms with Crippen molar-refractivity contribution < 1.29 is 10.2 Å². The topological polar surface area (TPSA) is 40.5 Å². The standard InChI is InChI=1S/C30H22O2/c31-25-17-13-23(14-18-25)29-7-3-1-5-27(29)21-9-11-22(12-10-21)28-6-2-4-8-30(28)24-15-19-26(32)20-16-24/h1-20,31-32H. The lowest BCUT2D eigenvalue weighted by atomic mass is 9.91. The molecule has 2 heteroatoms. The second-order valence-electron chi connectivity index (χ2n) is 7.76. The zero-order valence-electron chi connectivity index (χ0n) is 17.4. The number of aromatic hydroxyl groups is 2. The molecule has 0 aliphatic carbocycles. The zero-order chi connectivity index (χ0) is 21.9. The van der Waals surface area contributed by atoms with Gasteiger partial charge in [-0.25, -0.2) is 0 Å². The van der Waals surface area contributed by atoms with Crippen molar-refractivity contribution in [2.75, 3.05) is 0 Å². The van der Waals surface area contributed by atoms with E-state index in [-0.39, 0.29) is 11.5 Å². The molecule has 0 fully saturated rings. The Morgan fingerprint density at radius 3 is 0.750 bits per heavy atom. The Kier molecular flexibility index (Phi) is 5.19. The minimum absolute atomic E-state index is 0.267. The lowest BCUT2D eigenvalue weighted by molar-refractivity contribution is 0.475. The van der Waals surface area contributed by atoms with Crippen LogP contribution >= 0.6 is 0 Å². The quantitative estimate of drug-likeness (QED) is 0.315. The van der Waals surface area contributed by atoms with Gasteiger partial charge in [-0.1, -0.05) is 97.1 Å². The maximum atomic E-state index is 9.63. The van der Waals surface area contributed by atoms with Gasteiger partial charge in [0.25, 0.3) is 0 Å². The first-order chi connectivity index (χ1) is 15.7. The third-order valence-corrected chi connectivity index (χ3v) is 5.72. The van der Waals surface area contributed by atoms with E-state index >= 15 is 0 Å². The highest BCUT2D eigenvalue weighted by atomic mass is 16.3. The predicted octanol–water partition coefficient (Wildman–Crippen LogP) is 7.77. The van der Waals surface area contributed by atoms with Crippen LogP contribution in [0.25, 0.3) is 44.5 Å². The second kappa shape index (κ2) is 8.44. The number of benzene rings is 5. The van der Waals surface area contributed by atoms with Gasteiger partial charge in [0, 0.05) is 0 Å². The summed E-state index contributed by atoms with van der Waals surface area (Å²) in [4.78, 5) is 0. The molecule has 2 nitrogen and oxygen atoms in total. The molecule has 5 rings (SSSR count). The van der Waals surface area contributed by atoms with Crippen LogP contribution in [0.3, 0.4) is 0 Å². The molecule has 154 valence electrons. The molecule has 0 amide bonds. The highest BCUT2D eigenvalue weighted by Gasteiger charge is 2.10. The van der Waals surface area contributed by atoms with Crippen molar-refractivity contribution in [3.63, 3.8) is 0 Å². The Morgan fingerprint density at radius 1 is 0.281 bits per heavy atom. The van der Waals surface area contributed by atoms with Crippen LogP contribution in [0.4, 0.5) is 0 Å². The van der Waals surface area contributed by atoms with Gasteiger partial charge in [0.2, 0.25) is 0 Å². The van der Waals surface area contributed by atoms with Crippen molar-refractivity contribution in [1.29, 1.82) is 0 Å². The number of rotatable bonds is 4. The summed E-state index contributed by atoms with van der Waals surface area (Å²) >= 11 is 0. The molecular weight excluding hydrogens is 392 g/mol. The molecule has 5 aromatic carbocycles. The summed E-state index contributed by atoms with van der Waals surface area (Å²) in [5.41, 5.74) is 8.97. The highest BCUT2D eigenvalue weighted by molar-refractivity contribution is 5.87. The number of phenolic OH excluding ortho intramolecular Hbond substituents is 2. The average molecular weight is 415 g/mol. The van der Waals surface area contributed by atoms with Crippen LogP contribution in [0.5, 0.6) is 11.5 Å². The first kappa shape index (κ1) is 19.7. The van der Waals surface area contributed by atoms with Crippen LogP contribution in [0.15, 0.2) is 121 Å². The minimum atomic E-state index is 0.267. The molecule has 0 aromatic heterocycles. The first-order valence-electron chi connectivity index (χ1n) is 10.6. The fourth-order valence-corrected chi connectivity index (χ4v) is 4.08. The maximum absolute atomic E-state index is 9.63. The van der Waals surface area contributed by atoms with Crippen molar-refractivity contribution in [2.24, 2.45) is 0 Å². The summed E-state index contributed by atoms with van der Waals surface area (Å²) in [6.07, 6.45) is 0. The van der Waals surface area contributed by atoms with Crippen LogP contribution in [0.1, 0.15) is 0 Å². The van der Waals surface area contributed by atoms with Crippen molar-refractivity contribution >= 4 is 0 Å². The van der Waals surface area contributed by atoms with Gasteiger partial charge in [0.1, 0.15) is 11.5 Å². The van der Waals surface area contributed by atoms with E-state index in [0.717, 1.165) is 44.5 Å². The summed E-state index contributed by atoms with van der Waals surface area (Å²) in [7, 11) is 0. The average Bonchev–Trinajstić information content (AvgIpc) is 2.85. The van der Waals surface area contributed by atoms with E-state index in [9.17, 15) is 10.2 Å². The van der Waals surface area contributed by atoms with Crippen LogP contribution in [-0.2, 0) is 0 Å². The normalized spacial score (nSPS) is 10.8. The smallest absolute Gasteiger partial charge is 0.115 e. The van der Waals surface area contributed by atoms with Crippen molar-refractivity contribution in [1.82, 2.24) is 0 Å². The second-order valence-corrected chi connectivity index (χ2v) is 7.76. The Labute approximate surface area is 187 Å².